The summed E-state index contributed by atoms with van der Waals surface area (Å²) in [5, 5.41) is 7.63. The van der Waals surface area contributed by atoms with Crippen LogP contribution in [-0.4, -0.2) is 10.2 Å². The molecule has 0 saturated carbocycles. The van der Waals surface area contributed by atoms with E-state index in [1.54, 1.807) is 6.92 Å². The van der Waals surface area contributed by atoms with Gasteiger partial charge in [-0.3, -0.25) is 0 Å². The Hall–Kier alpha value is -1.39. The minimum Gasteiger partial charge on any atom is -0.419 e. The molecule has 4 nitrogen and oxygen atoms in total. The third kappa shape index (κ3) is 1.94. The van der Waals surface area contributed by atoms with Crippen LogP contribution >= 0.6 is 11.6 Å². The van der Waals surface area contributed by atoms with Gasteiger partial charge in [-0.15, -0.1) is 21.8 Å². The first-order chi connectivity index (χ1) is 8.24. The van der Waals surface area contributed by atoms with Gasteiger partial charge in [-0.05, 0) is 30.2 Å². The molecule has 2 heterocycles. The number of hydrogen-bond acceptors (Lipinski definition) is 4. The Morgan fingerprint density at radius 3 is 2.82 bits per heavy atom. The van der Waals surface area contributed by atoms with Crippen LogP contribution < -0.4 is 0 Å². The molecule has 17 heavy (non-hydrogen) atoms. The quantitative estimate of drug-likeness (QED) is 0.769. The second kappa shape index (κ2) is 4.13. The number of ether oxygens (including phenoxy) is 1. The van der Waals surface area contributed by atoms with Crippen molar-refractivity contribution < 1.29 is 9.15 Å². The maximum atomic E-state index is 5.88. The number of hydrogen-bond donors (Lipinski definition) is 0. The van der Waals surface area contributed by atoms with Crippen LogP contribution in [0.15, 0.2) is 22.6 Å². The summed E-state index contributed by atoms with van der Waals surface area (Å²) < 4.78 is 10.9. The highest BCUT2D eigenvalue weighted by atomic mass is 35.5. The molecule has 0 bridgehead atoms. The van der Waals surface area contributed by atoms with E-state index in [0.717, 1.165) is 5.56 Å². The smallest absolute Gasteiger partial charge is 0.247 e. The Balaban J connectivity index is 1.97. The first kappa shape index (κ1) is 10.7. The zero-order valence-corrected chi connectivity index (χ0v) is 10.1. The van der Waals surface area contributed by atoms with Crippen molar-refractivity contribution in [2.75, 3.05) is 0 Å². The average Bonchev–Trinajstić information content (AvgIpc) is 2.97. The predicted molar refractivity (Wildman–Crippen MR) is 62.5 cm³/mol. The monoisotopic (exact) mass is 250 g/mol. The van der Waals surface area contributed by atoms with Crippen LogP contribution in [0.1, 0.15) is 29.3 Å². The summed E-state index contributed by atoms with van der Waals surface area (Å²) >= 11 is 5.88. The van der Waals surface area contributed by atoms with Crippen molar-refractivity contribution in [1.82, 2.24) is 10.2 Å². The van der Waals surface area contributed by atoms with Crippen LogP contribution in [0.25, 0.3) is 11.5 Å². The van der Waals surface area contributed by atoms with E-state index in [2.05, 4.69) is 10.2 Å². The van der Waals surface area contributed by atoms with Gasteiger partial charge in [-0.1, -0.05) is 6.07 Å². The third-order valence-corrected chi connectivity index (χ3v) is 2.94. The first-order valence-corrected chi connectivity index (χ1v) is 5.85. The molecule has 0 radical (unpaired) electrons. The highest BCUT2D eigenvalue weighted by Crippen LogP contribution is 2.27. The number of halogens is 1. The topological polar surface area (TPSA) is 48.2 Å². The lowest BCUT2D eigenvalue weighted by Crippen LogP contribution is -1.84. The van der Waals surface area contributed by atoms with Crippen molar-refractivity contribution in [3.05, 3.63) is 35.2 Å². The fourth-order valence-corrected chi connectivity index (χ4v) is 1.91. The molecule has 0 N–H and O–H groups in total. The summed E-state index contributed by atoms with van der Waals surface area (Å²) in [6.07, 6.45) is 0. The molecule has 1 aromatic carbocycles. The van der Waals surface area contributed by atoms with Crippen molar-refractivity contribution in [3.8, 4) is 11.5 Å². The van der Waals surface area contributed by atoms with Crippen molar-refractivity contribution >= 4 is 11.6 Å². The minimum atomic E-state index is -0.269. The molecule has 1 atom stereocenters. The maximum absolute atomic E-state index is 5.88. The summed E-state index contributed by atoms with van der Waals surface area (Å²) in [6, 6.07) is 6.02. The summed E-state index contributed by atoms with van der Waals surface area (Å²) in [4.78, 5) is 0. The second-order valence-corrected chi connectivity index (χ2v) is 4.69. The predicted octanol–water partition coefficient (Wildman–Crippen LogP) is 3.07. The SMILES string of the molecule is CC(Cl)c1nnc(-c2ccc3c(c2)COC3)o1. The number of nitrogens with zero attached hydrogens (tertiary/aromatic N) is 2. The fourth-order valence-electron chi connectivity index (χ4n) is 1.82. The van der Waals surface area contributed by atoms with Gasteiger partial charge in [0.2, 0.25) is 11.8 Å². The number of rotatable bonds is 2. The summed E-state index contributed by atoms with van der Waals surface area (Å²) in [7, 11) is 0. The van der Waals surface area contributed by atoms with E-state index in [4.69, 9.17) is 20.8 Å². The number of alkyl halides is 1. The Bertz CT molecular complexity index is 551. The Morgan fingerprint density at radius 2 is 2.06 bits per heavy atom. The molecule has 0 aliphatic carbocycles. The number of aromatic nitrogens is 2. The normalized spacial score (nSPS) is 15.9. The van der Waals surface area contributed by atoms with Crippen molar-refractivity contribution in [1.29, 1.82) is 0 Å². The van der Waals surface area contributed by atoms with Crippen molar-refractivity contribution in [2.45, 2.75) is 25.5 Å². The molecule has 88 valence electrons. The zero-order valence-electron chi connectivity index (χ0n) is 9.31. The van der Waals surface area contributed by atoms with E-state index in [0.29, 0.717) is 25.0 Å². The average molecular weight is 251 g/mol. The minimum absolute atomic E-state index is 0.269. The highest BCUT2D eigenvalue weighted by molar-refractivity contribution is 6.20. The molecule has 1 aromatic heterocycles. The molecule has 0 spiro atoms. The number of fused-ring (bicyclic) bond motifs is 1. The van der Waals surface area contributed by atoms with Gasteiger partial charge >= 0.3 is 0 Å². The molecular formula is C12H11ClN2O2. The van der Waals surface area contributed by atoms with Crippen LogP contribution in [0.4, 0.5) is 0 Å². The van der Waals surface area contributed by atoms with E-state index in [1.165, 1.54) is 11.1 Å². The lowest BCUT2D eigenvalue weighted by molar-refractivity contribution is 0.134. The Morgan fingerprint density at radius 1 is 1.24 bits per heavy atom. The van der Waals surface area contributed by atoms with Crippen LogP contribution in [0.3, 0.4) is 0 Å². The van der Waals surface area contributed by atoms with E-state index in [1.807, 2.05) is 18.2 Å². The second-order valence-electron chi connectivity index (χ2n) is 4.04. The van der Waals surface area contributed by atoms with Gasteiger partial charge in [0.1, 0.15) is 5.38 Å². The lowest BCUT2D eigenvalue weighted by Gasteiger charge is -1.99. The van der Waals surface area contributed by atoms with Gasteiger partial charge in [0, 0.05) is 5.56 Å². The van der Waals surface area contributed by atoms with Gasteiger partial charge in [-0.2, -0.15) is 0 Å². The molecule has 1 aliphatic rings. The van der Waals surface area contributed by atoms with Gasteiger partial charge in [0.15, 0.2) is 0 Å². The molecule has 3 rings (SSSR count). The third-order valence-electron chi connectivity index (χ3n) is 2.75. The largest absolute Gasteiger partial charge is 0.419 e. The zero-order chi connectivity index (χ0) is 11.8. The lowest BCUT2D eigenvalue weighted by atomic mass is 10.1. The molecule has 0 saturated heterocycles. The molecule has 0 amide bonds. The summed E-state index contributed by atoms with van der Waals surface area (Å²) in [5.74, 6) is 0.945. The van der Waals surface area contributed by atoms with E-state index < -0.39 is 0 Å². The highest BCUT2D eigenvalue weighted by Gasteiger charge is 2.16. The van der Waals surface area contributed by atoms with E-state index in [9.17, 15) is 0 Å². The maximum Gasteiger partial charge on any atom is 0.247 e. The fraction of sp³-hybridized carbons (Fsp3) is 0.333. The van der Waals surface area contributed by atoms with Crippen LogP contribution in [0.2, 0.25) is 0 Å². The molecule has 1 unspecified atom stereocenters. The van der Waals surface area contributed by atoms with Gasteiger partial charge in [-0.25, -0.2) is 0 Å². The van der Waals surface area contributed by atoms with Gasteiger partial charge < -0.3 is 9.15 Å². The van der Waals surface area contributed by atoms with Crippen molar-refractivity contribution in [3.63, 3.8) is 0 Å². The molecular weight excluding hydrogens is 240 g/mol. The van der Waals surface area contributed by atoms with Crippen molar-refractivity contribution in [2.24, 2.45) is 0 Å². The van der Waals surface area contributed by atoms with E-state index >= 15 is 0 Å². The molecule has 2 aromatic rings. The van der Waals surface area contributed by atoms with E-state index in [-0.39, 0.29) is 5.38 Å². The summed E-state index contributed by atoms with van der Waals surface area (Å²) in [6.45, 7) is 3.13. The standard InChI is InChI=1S/C12H11ClN2O2/c1-7(13)11-14-15-12(17-11)8-2-3-9-5-16-6-10(9)4-8/h2-4,7H,5-6H2,1H3. The van der Waals surface area contributed by atoms with Crippen LogP contribution in [0, 0.1) is 0 Å². The molecule has 5 heteroatoms. The molecule has 0 fully saturated rings. The van der Waals surface area contributed by atoms with Crippen LogP contribution in [-0.2, 0) is 18.0 Å². The first-order valence-electron chi connectivity index (χ1n) is 5.41. The molecule has 1 aliphatic heterocycles. The van der Waals surface area contributed by atoms with Gasteiger partial charge in [0.25, 0.3) is 0 Å². The number of benzene rings is 1. The summed E-state index contributed by atoms with van der Waals surface area (Å²) in [5.41, 5.74) is 3.31. The Kier molecular flexibility index (Phi) is 2.61. The van der Waals surface area contributed by atoms with Crippen LogP contribution in [0.5, 0.6) is 0 Å². The van der Waals surface area contributed by atoms with Gasteiger partial charge in [0.05, 0.1) is 13.2 Å². The Labute approximate surface area is 104 Å².